The Labute approximate surface area is 208 Å². The molecule has 9 heteroatoms. The number of unbranched alkanes of at least 4 members (excludes halogenated alkanes) is 1. The first kappa shape index (κ1) is 23.7. The second-order valence-corrected chi connectivity index (χ2v) is 9.19. The Morgan fingerprint density at radius 2 is 1.94 bits per heavy atom. The molecule has 2 aromatic carbocycles. The van der Waals surface area contributed by atoms with Gasteiger partial charge in [-0.15, -0.1) is 0 Å². The van der Waals surface area contributed by atoms with Gasteiger partial charge in [-0.3, -0.25) is 10.2 Å². The minimum Gasteiger partial charge on any atom is -0.453 e. The highest BCUT2D eigenvalue weighted by atomic mass is 16.5. The number of hydrogen-bond donors (Lipinski definition) is 3. The summed E-state index contributed by atoms with van der Waals surface area (Å²) in [4.78, 5) is 31.8. The van der Waals surface area contributed by atoms with E-state index in [9.17, 15) is 9.59 Å². The molecule has 0 aliphatic carbocycles. The standard InChI is InChI=1S/C27H31N5O4/c1-35-27(34)30-24-15-19-14-21(6-8-25(19)36-26(24)33)32-12-10-31(11-13-32)9-3-2-4-18-17-29-23-7-5-20(28)16-22(18)23/h5-8,14-17,29H,2-4,9-13,28H2,1H3,(H,30,34). The maximum atomic E-state index is 12.1. The van der Waals surface area contributed by atoms with Crippen LogP contribution in [-0.4, -0.2) is 55.8 Å². The fourth-order valence-corrected chi connectivity index (χ4v) is 4.84. The Hall–Kier alpha value is -3.98. The van der Waals surface area contributed by atoms with Gasteiger partial charge in [0.2, 0.25) is 0 Å². The topological polar surface area (TPSA) is 117 Å². The molecule has 0 unspecified atom stereocenters. The molecule has 9 nitrogen and oxygen atoms in total. The molecule has 1 saturated heterocycles. The van der Waals surface area contributed by atoms with E-state index in [2.05, 4.69) is 37.1 Å². The fraction of sp³-hybridized carbons (Fsp3) is 0.333. The van der Waals surface area contributed by atoms with E-state index in [1.54, 1.807) is 12.1 Å². The Kier molecular flexibility index (Phi) is 6.81. The number of rotatable bonds is 7. The van der Waals surface area contributed by atoms with E-state index >= 15 is 0 Å². The van der Waals surface area contributed by atoms with E-state index in [0.29, 0.717) is 5.58 Å². The lowest BCUT2D eigenvalue weighted by Crippen LogP contribution is -2.46. The molecule has 36 heavy (non-hydrogen) atoms. The highest BCUT2D eigenvalue weighted by molar-refractivity contribution is 5.89. The number of carbonyl (C=O) groups is 1. The lowest BCUT2D eigenvalue weighted by Gasteiger charge is -2.36. The number of nitrogens with one attached hydrogen (secondary N) is 2. The third-order valence-electron chi connectivity index (χ3n) is 6.84. The monoisotopic (exact) mass is 489 g/mol. The lowest BCUT2D eigenvalue weighted by molar-refractivity contribution is 0.187. The Bertz CT molecular complexity index is 1440. The van der Waals surface area contributed by atoms with Gasteiger partial charge in [-0.25, -0.2) is 9.59 Å². The van der Waals surface area contributed by atoms with Gasteiger partial charge in [0.25, 0.3) is 0 Å². The van der Waals surface area contributed by atoms with Crippen LogP contribution in [0.15, 0.2) is 57.9 Å². The maximum Gasteiger partial charge on any atom is 0.411 e. The van der Waals surface area contributed by atoms with Gasteiger partial charge in [-0.2, -0.15) is 0 Å². The molecule has 2 aromatic heterocycles. The number of H-pyrrole nitrogens is 1. The number of methoxy groups -OCH3 is 1. The van der Waals surface area contributed by atoms with Crippen molar-refractivity contribution in [3.05, 3.63) is 64.6 Å². The third-order valence-corrected chi connectivity index (χ3v) is 6.84. The Morgan fingerprint density at radius 3 is 2.75 bits per heavy atom. The fourth-order valence-electron chi connectivity index (χ4n) is 4.84. The molecule has 0 saturated carbocycles. The summed E-state index contributed by atoms with van der Waals surface area (Å²) < 4.78 is 9.92. The number of ether oxygens (including phenoxy) is 1. The van der Waals surface area contributed by atoms with Crippen LogP contribution in [-0.2, 0) is 11.2 Å². The summed E-state index contributed by atoms with van der Waals surface area (Å²) in [5.41, 5.74) is 10.2. The third kappa shape index (κ3) is 5.16. The van der Waals surface area contributed by atoms with E-state index in [4.69, 9.17) is 10.2 Å². The van der Waals surface area contributed by atoms with Gasteiger partial charge in [-0.1, -0.05) is 0 Å². The first-order valence-electron chi connectivity index (χ1n) is 12.3. The molecule has 1 amide bonds. The van der Waals surface area contributed by atoms with E-state index in [1.165, 1.54) is 18.1 Å². The summed E-state index contributed by atoms with van der Waals surface area (Å²) in [7, 11) is 1.25. The van der Waals surface area contributed by atoms with Crippen LogP contribution in [0, 0.1) is 0 Å². The van der Waals surface area contributed by atoms with Crippen molar-refractivity contribution in [2.45, 2.75) is 19.3 Å². The minimum absolute atomic E-state index is 0.0624. The number of nitrogen functional groups attached to an aromatic ring is 1. The normalized spacial score (nSPS) is 14.4. The molecule has 5 rings (SSSR count). The first-order valence-corrected chi connectivity index (χ1v) is 12.3. The van der Waals surface area contributed by atoms with Crippen molar-refractivity contribution < 1.29 is 13.9 Å². The molecule has 0 bridgehead atoms. The largest absolute Gasteiger partial charge is 0.453 e. The summed E-state index contributed by atoms with van der Waals surface area (Å²) >= 11 is 0. The van der Waals surface area contributed by atoms with Crippen LogP contribution < -0.4 is 21.6 Å². The molecule has 4 aromatic rings. The second kappa shape index (κ2) is 10.3. The van der Waals surface area contributed by atoms with Crippen LogP contribution in [0.3, 0.4) is 0 Å². The quantitative estimate of drug-likeness (QED) is 0.203. The number of anilines is 3. The van der Waals surface area contributed by atoms with E-state index in [-0.39, 0.29) is 5.69 Å². The number of nitrogens with two attached hydrogens (primary N) is 1. The van der Waals surface area contributed by atoms with Gasteiger partial charge < -0.3 is 24.8 Å². The number of aromatic nitrogens is 1. The predicted molar refractivity (Wildman–Crippen MR) is 143 cm³/mol. The summed E-state index contributed by atoms with van der Waals surface area (Å²) in [5.74, 6) is 0. The summed E-state index contributed by atoms with van der Waals surface area (Å²) in [6, 6.07) is 13.4. The maximum absolute atomic E-state index is 12.1. The van der Waals surface area contributed by atoms with Gasteiger partial charge in [0, 0.05) is 60.0 Å². The van der Waals surface area contributed by atoms with E-state index < -0.39 is 11.7 Å². The van der Waals surface area contributed by atoms with Gasteiger partial charge in [0.05, 0.1) is 7.11 Å². The smallest absolute Gasteiger partial charge is 0.411 e. The molecule has 4 N–H and O–H groups in total. The van der Waals surface area contributed by atoms with Crippen LogP contribution in [0.1, 0.15) is 18.4 Å². The molecule has 1 aliphatic heterocycles. The zero-order valence-electron chi connectivity index (χ0n) is 20.4. The van der Waals surface area contributed by atoms with Crippen molar-refractivity contribution in [1.29, 1.82) is 0 Å². The van der Waals surface area contributed by atoms with Gasteiger partial charge in [-0.05, 0) is 73.8 Å². The molecular formula is C27H31N5O4. The summed E-state index contributed by atoms with van der Waals surface area (Å²) in [5, 5.41) is 4.38. The van der Waals surface area contributed by atoms with Crippen molar-refractivity contribution in [2.75, 3.05) is 55.8 Å². The van der Waals surface area contributed by atoms with Crippen molar-refractivity contribution >= 4 is 45.0 Å². The number of benzene rings is 2. The van der Waals surface area contributed by atoms with Crippen LogP contribution in [0.25, 0.3) is 21.9 Å². The molecular weight excluding hydrogens is 458 g/mol. The Balaban J connectivity index is 1.13. The molecule has 0 radical (unpaired) electrons. The second-order valence-electron chi connectivity index (χ2n) is 9.19. The number of fused-ring (bicyclic) bond motifs is 2. The number of nitrogens with zero attached hydrogens (tertiary/aromatic N) is 2. The van der Waals surface area contributed by atoms with E-state index in [0.717, 1.165) is 74.3 Å². The van der Waals surface area contributed by atoms with Gasteiger partial charge in [0.1, 0.15) is 11.3 Å². The van der Waals surface area contributed by atoms with Crippen molar-refractivity contribution in [3.8, 4) is 0 Å². The van der Waals surface area contributed by atoms with Crippen molar-refractivity contribution in [3.63, 3.8) is 0 Å². The highest BCUT2D eigenvalue weighted by Gasteiger charge is 2.18. The zero-order valence-corrected chi connectivity index (χ0v) is 20.4. The van der Waals surface area contributed by atoms with Crippen LogP contribution in [0.4, 0.5) is 21.9 Å². The average molecular weight is 490 g/mol. The number of amides is 1. The van der Waals surface area contributed by atoms with Crippen molar-refractivity contribution in [2.24, 2.45) is 0 Å². The summed E-state index contributed by atoms with van der Waals surface area (Å²) in [6.45, 7) is 4.94. The number of aromatic amines is 1. The Morgan fingerprint density at radius 1 is 1.11 bits per heavy atom. The molecule has 0 spiro atoms. The van der Waals surface area contributed by atoms with Crippen LogP contribution in [0.5, 0.6) is 0 Å². The van der Waals surface area contributed by atoms with Crippen molar-refractivity contribution in [1.82, 2.24) is 9.88 Å². The predicted octanol–water partition coefficient (Wildman–Crippen LogP) is 4.18. The van der Waals surface area contributed by atoms with Gasteiger partial charge >= 0.3 is 11.7 Å². The molecule has 188 valence electrons. The first-order chi connectivity index (χ1) is 17.5. The molecule has 3 heterocycles. The average Bonchev–Trinajstić information content (AvgIpc) is 3.29. The minimum atomic E-state index is -0.708. The molecule has 0 atom stereocenters. The van der Waals surface area contributed by atoms with E-state index in [1.807, 2.05) is 24.3 Å². The zero-order chi connectivity index (χ0) is 25.1. The van der Waals surface area contributed by atoms with Gasteiger partial charge in [0.15, 0.2) is 0 Å². The highest BCUT2D eigenvalue weighted by Crippen LogP contribution is 2.25. The lowest BCUT2D eigenvalue weighted by atomic mass is 10.1. The molecule has 1 fully saturated rings. The molecule has 1 aliphatic rings. The summed E-state index contributed by atoms with van der Waals surface area (Å²) in [6.07, 6.45) is 4.73. The SMILES string of the molecule is COC(=O)Nc1cc2cc(N3CCN(CCCCc4c[nH]c5ccc(N)cc45)CC3)ccc2oc1=O. The van der Waals surface area contributed by atoms with Crippen LogP contribution >= 0.6 is 0 Å². The van der Waals surface area contributed by atoms with Crippen LogP contribution in [0.2, 0.25) is 0 Å². The number of aryl methyl sites for hydroxylation is 1. The number of carbonyl (C=O) groups excluding carboxylic acids is 1. The number of piperazine rings is 1. The number of hydrogen-bond acceptors (Lipinski definition) is 7.